The van der Waals surface area contributed by atoms with Crippen LogP contribution in [0.2, 0.25) is 0 Å². The van der Waals surface area contributed by atoms with E-state index in [0.29, 0.717) is 6.73 Å². The zero-order chi connectivity index (χ0) is 12.5. The topological polar surface area (TPSA) is 50.6 Å². The fourth-order valence-electron chi connectivity index (χ4n) is 1.66. The summed E-state index contributed by atoms with van der Waals surface area (Å²) in [4.78, 5) is 0. The monoisotopic (exact) mass is 275 g/mol. The number of halogens is 1. The highest BCUT2D eigenvalue weighted by atomic mass is 35.5. The first kappa shape index (κ1) is 16.9. The minimum atomic E-state index is 0. The van der Waals surface area contributed by atoms with Crippen LogP contribution in [0.4, 0.5) is 0 Å². The molecule has 1 aromatic heterocycles. The zero-order valence-electron chi connectivity index (χ0n) is 11.0. The summed E-state index contributed by atoms with van der Waals surface area (Å²) in [6, 6.07) is 0. The molecule has 0 saturated carbocycles. The molecule has 0 unspecified atom stereocenters. The molecule has 5 nitrogen and oxygen atoms in total. The third kappa shape index (κ3) is 5.51. The lowest BCUT2D eigenvalue weighted by Crippen LogP contribution is -3.00. The van der Waals surface area contributed by atoms with Crippen LogP contribution in [-0.4, -0.2) is 22.6 Å². The first-order valence-electron chi connectivity index (χ1n) is 6.09. The van der Waals surface area contributed by atoms with E-state index in [1.165, 1.54) is 25.5 Å². The van der Waals surface area contributed by atoms with Crippen LogP contribution in [-0.2, 0) is 18.5 Å². The van der Waals surface area contributed by atoms with Gasteiger partial charge in [0.1, 0.15) is 12.4 Å². The van der Waals surface area contributed by atoms with Crippen molar-refractivity contribution < 1.29 is 26.9 Å². The van der Waals surface area contributed by atoms with E-state index in [1.54, 1.807) is 0 Å². The Kier molecular flexibility index (Phi) is 9.32. The predicted molar refractivity (Wildman–Crippen MR) is 65.1 cm³/mol. The maximum Gasteiger partial charge on any atom is 0.305 e. The molecule has 6 heteroatoms. The number of nitrogens with zero attached hydrogens (tertiary/aromatic N) is 3. The lowest BCUT2D eigenvalue weighted by atomic mass is 10.2. The number of oxime groups is 1. The first-order valence-corrected chi connectivity index (χ1v) is 6.09. The second kappa shape index (κ2) is 9.91. The van der Waals surface area contributed by atoms with Crippen molar-refractivity contribution in [1.29, 1.82) is 0 Å². The summed E-state index contributed by atoms with van der Waals surface area (Å²) in [7, 11) is 1.90. The molecular weight excluding hydrogens is 254 g/mol. The Morgan fingerprint density at radius 3 is 2.89 bits per heavy atom. The minimum absolute atomic E-state index is 0. The second-order valence-electron chi connectivity index (χ2n) is 4.08. The van der Waals surface area contributed by atoms with Gasteiger partial charge in [-0.15, -0.1) is 0 Å². The number of hydrogen-bond donors (Lipinski definition) is 1. The molecule has 0 saturated heterocycles. The minimum Gasteiger partial charge on any atom is -1.00 e. The van der Waals surface area contributed by atoms with Gasteiger partial charge in [0.15, 0.2) is 12.9 Å². The predicted octanol–water partition coefficient (Wildman–Crippen LogP) is -1.32. The molecule has 0 radical (unpaired) electrons. The van der Waals surface area contributed by atoms with Crippen molar-refractivity contribution in [2.24, 2.45) is 12.2 Å². The Morgan fingerprint density at radius 1 is 1.44 bits per heavy atom. The summed E-state index contributed by atoms with van der Waals surface area (Å²) < 4.78 is 9.35. The van der Waals surface area contributed by atoms with Crippen molar-refractivity contribution in [2.45, 2.75) is 39.3 Å². The molecule has 0 spiro atoms. The molecule has 1 N–H and O–H groups in total. The molecular formula is C12H22ClN3O2. The number of unbranched alkanes of at least 4 members (excludes halogenated alkanes) is 3. The van der Waals surface area contributed by atoms with Gasteiger partial charge in [0.25, 0.3) is 0 Å². The average molecular weight is 276 g/mol. The highest BCUT2D eigenvalue weighted by Crippen LogP contribution is 2.00. The molecule has 1 aromatic rings. The Labute approximate surface area is 114 Å². The van der Waals surface area contributed by atoms with Crippen LogP contribution in [0.25, 0.3) is 0 Å². The van der Waals surface area contributed by atoms with Crippen molar-refractivity contribution in [3.05, 3.63) is 18.2 Å². The van der Waals surface area contributed by atoms with Crippen molar-refractivity contribution in [3.63, 3.8) is 0 Å². The van der Waals surface area contributed by atoms with Crippen molar-refractivity contribution in [1.82, 2.24) is 4.57 Å². The maximum atomic E-state index is 8.56. The van der Waals surface area contributed by atoms with E-state index in [4.69, 9.17) is 9.94 Å². The van der Waals surface area contributed by atoms with Gasteiger partial charge in [-0.3, -0.25) is 0 Å². The summed E-state index contributed by atoms with van der Waals surface area (Å²) >= 11 is 0. The molecule has 0 aliphatic carbocycles. The normalized spacial score (nSPS) is 10.8. The molecule has 0 aromatic carbocycles. The standard InChI is InChI=1S/C12H21N3O2.ClH/c1-3-4-5-6-9-17-11-15-8-7-14(2)12(15)10-13-16;/h7-8,10H,3-6,9,11H2,1-2H3;1H. The van der Waals surface area contributed by atoms with E-state index in [0.717, 1.165) is 18.9 Å². The lowest BCUT2D eigenvalue weighted by molar-refractivity contribution is -0.672. The van der Waals surface area contributed by atoms with E-state index in [2.05, 4.69) is 12.1 Å². The number of ether oxygens (including phenoxy) is 1. The van der Waals surface area contributed by atoms with Crippen LogP contribution in [0.5, 0.6) is 0 Å². The van der Waals surface area contributed by atoms with Crippen molar-refractivity contribution in [2.75, 3.05) is 6.61 Å². The summed E-state index contributed by atoms with van der Waals surface area (Å²) in [5, 5.41) is 11.6. The summed E-state index contributed by atoms with van der Waals surface area (Å²) in [5.74, 6) is 0.807. The molecule has 0 atom stereocenters. The van der Waals surface area contributed by atoms with E-state index >= 15 is 0 Å². The molecule has 0 aliphatic rings. The zero-order valence-corrected chi connectivity index (χ0v) is 11.8. The largest absolute Gasteiger partial charge is 1.00 e. The van der Waals surface area contributed by atoms with E-state index in [-0.39, 0.29) is 12.4 Å². The van der Waals surface area contributed by atoms with Gasteiger partial charge in [0.05, 0.1) is 13.7 Å². The molecule has 0 amide bonds. The lowest BCUT2D eigenvalue weighted by Gasteiger charge is -2.02. The van der Waals surface area contributed by atoms with Gasteiger partial charge in [0.2, 0.25) is 0 Å². The van der Waals surface area contributed by atoms with Gasteiger partial charge in [-0.05, 0) is 6.42 Å². The quantitative estimate of drug-likeness (QED) is 0.210. The van der Waals surface area contributed by atoms with Crippen LogP contribution >= 0.6 is 0 Å². The van der Waals surface area contributed by atoms with Gasteiger partial charge in [-0.25, -0.2) is 9.13 Å². The highest BCUT2D eigenvalue weighted by molar-refractivity contribution is 5.72. The van der Waals surface area contributed by atoms with Gasteiger partial charge in [-0.2, -0.15) is 0 Å². The number of aryl methyl sites for hydroxylation is 1. The molecule has 1 rings (SSSR count). The first-order chi connectivity index (χ1) is 8.29. The number of hydrogen-bond acceptors (Lipinski definition) is 3. The molecule has 0 fully saturated rings. The van der Waals surface area contributed by atoms with Gasteiger partial charge < -0.3 is 22.4 Å². The Hall–Kier alpha value is -1.07. The maximum absolute atomic E-state index is 8.56. The van der Waals surface area contributed by atoms with Crippen LogP contribution in [0.3, 0.4) is 0 Å². The Balaban J connectivity index is 0.00000289. The number of imidazole rings is 1. The number of aromatic nitrogens is 2. The molecule has 18 heavy (non-hydrogen) atoms. The van der Waals surface area contributed by atoms with Gasteiger partial charge >= 0.3 is 5.82 Å². The third-order valence-corrected chi connectivity index (χ3v) is 2.67. The Bertz CT molecular complexity index is 353. The molecule has 0 bridgehead atoms. The molecule has 104 valence electrons. The summed E-state index contributed by atoms with van der Waals surface area (Å²) in [6.07, 6.45) is 10.0. The smallest absolute Gasteiger partial charge is 0.305 e. The fourth-order valence-corrected chi connectivity index (χ4v) is 1.66. The third-order valence-electron chi connectivity index (χ3n) is 2.67. The van der Waals surface area contributed by atoms with Gasteiger partial charge in [-0.1, -0.05) is 31.3 Å². The van der Waals surface area contributed by atoms with Crippen LogP contribution < -0.4 is 17.0 Å². The van der Waals surface area contributed by atoms with Crippen molar-refractivity contribution in [3.8, 4) is 0 Å². The van der Waals surface area contributed by atoms with E-state index < -0.39 is 0 Å². The molecule has 1 heterocycles. The highest BCUT2D eigenvalue weighted by Gasteiger charge is 2.11. The summed E-state index contributed by atoms with van der Waals surface area (Å²) in [6.45, 7) is 3.47. The SMILES string of the molecule is CCCCCCOCn1cc[n+](C)c1C=NO.[Cl-]. The van der Waals surface area contributed by atoms with Crippen molar-refractivity contribution >= 4 is 6.21 Å². The average Bonchev–Trinajstić information content (AvgIpc) is 2.66. The molecule has 0 aliphatic heterocycles. The Morgan fingerprint density at radius 2 is 2.22 bits per heavy atom. The van der Waals surface area contributed by atoms with E-state index in [1.807, 2.05) is 28.6 Å². The number of rotatable bonds is 8. The van der Waals surface area contributed by atoms with E-state index in [9.17, 15) is 0 Å². The van der Waals surface area contributed by atoms with Crippen LogP contribution in [0.1, 0.15) is 38.4 Å². The summed E-state index contributed by atoms with van der Waals surface area (Å²) in [5.41, 5.74) is 0. The van der Waals surface area contributed by atoms with Gasteiger partial charge in [0, 0.05) is 0 Å². The van der Waals surface area contributed by atoms with Crippen LogP contribution in [0.15, 0.2) is 17.5 Å². The fraction of sp³-hybridized carbons (Fsp3) is 0.667. The second-order valence-corrected chi connectivity index (χ2v) is 4.08. The van der Waals surface area contributed by atoms with Crippen LogP contribution in [0, 0.1) is 0 Å².